The van der Waals surface area contributed by atoms with Crippen molar-refractivity contribution in [1.82, 2.24) is 9.55 Å². The average molecular weight is 560 g/mol. The van der Waals surface area contributed by atoms with Gasteiger partial charge in [0.15, 0.2) is 0 Å². The second-order valence-corrected chi connectivity index (χ2v) is 10.1. The zero-order valence-corrected chi connectivity index (χ0v) is 23.7. The number of nitrogens with one attached hydrogen (secondary N) is 2. The molecule has 39 heavy (non-hydrogen) atoms. The van der Waals surface area contributed by atoms with Gasteiger partial charge in [-0.3, -0.25) is 14.3 Å². The van der Waals surface area contributed by atoms with Crippen molar-refractivity contribution < 1.29 is 17.9 Å². The number of hydrogen-bond donors (Lipinski definition) is 2. The summed E-state index contributed by atoms with van der Waals surface area (Å²) in [6.07, 6.45) is -1.91. The molecule has 0 saturated carbocycles. The number of fused-ring (bicyclic) bond motifs is 1. The first-order valence-corrected chi connectivity index (χ1v) is 13.6. The highest BCUT2D eigenvalue weighted by Crippen LogP contribution is 2.49. The third-order valence-electron chi connectivity index (χ3n) is 5.99. The summed E-state index contributed by atoms with van der Waals surface area (Å²) in [7, 11) is 1.33. The molecule has 0 unspecified atom stereocenters. The largest absolute Gasteiger partial charge is 0.496 e. The molecule has 2 N–H and O–H groups in total. The summed E-state index contributed by atoms with van der Waals surface area (Å²) in [5, 5.41) is 1.59. The molecular formula is C29H32F3N3O3S. The number of H-pyrrole nitrogens is 1. The molecule has 10 heteroatoms. The van der Waals surface area contributed by atoms with Gasteiger partial charge in [-0.05, 0) is 46.0 Å². The monoisotopic (exact) mass is 559 g/mol. The van der Waals surface area contributed by atoms with E-state index in [1.165, 1.54) is 25.1 Å². The van der Waals surface area contributed by atoms with Crippen molar-refractivity contribution in [2.45, 2.75) is 46.2 Å². The zero-order valence-electron chi connectivity index (χ0n) is 22.9. The SMILES string of the molecule is CC.COc1c(C(C)(C)C)cc(-n2ccc(=O)[nH]c2=O)c(C(F)(F)F)c1-c1ccc2cc(NSC)ccc2c1. The van der Waals surface area contributed by atoms with Crippen LogP contribution in [0.5, 0.6) is 5.75 Å². The van der Waals surface area contributed by atoms with E-state index in [-0.39, 0.29) is 16.9 Å². The lowest BCUT2D eigenvalue weighted by Gasteiger charge is -2.29. The van der Waals surface area contributed by atoms with Gasteiger partial charge >= 0.3 is 11.9 Å². The van der Waals surface area contributed by atoms with E-state index in [1.807, 2.05) is 64.1 Å². The van der Waals surface area contributed by atoms with Crippen molar-refractivity contribution in [2.75, 3.05) is 18.1 Å². The number of hydrogen-bond acceptors (Lipinski definition) is 5. The van der Waals surface area contributed by atoms with Gasteiger partial charge in [-0.1, -0.05) is 64.8 Å². The van der Waals surface area contributed by atoms with E-state index in [1.54, 1.807) is 18.2 Å². The van der Waals surface area contributed by atoms with E-state index in [9.17, 15) is 22.8 Å². The maximum absolute atomic E-state index is 14.8. The normalized spacial score (nSPS) is 11.6. The molecule has 0 saturated heterocycles. The Morgan fingerprint density at radius 2 is 1.59 bits per heavy atom. The summed E-state index contributed by atoms with van der Waals surface area (Å²) in [4.78, 5) is 26.3. The van der Waals surface area contributed by atoms with E-state index in [4.69, 9.17) is 4.74 Å². The van der Waals surface area contributed by atoms with E-state index in [0.717, 1.165) is 33.3 Å². The Labute approximate surface area is 229 Å². The number of anilines is 1. The second-order valence-electron chi connectivity index (χ2n) is 9.54. The van der Waals surface area contributed by atoms with Gasteiger partial charge in [0.05, 0.1) is 18.4 Å². The Balaban J connectivity index is 0.00000205. The predicted molar refractivity (Wildman–Crippen MR) is 154 cm³/mol. The van der Waals surface area contributed by atoms with Crippen LogP contribution in [0.1, 0.15) is 45.7 Å². The number of rotatable bonds is 5. The molecule has 0 bridgehead atoms. The van der Waals surface area contributed by atoms with Gasteiger partial charge in [0.1, 0.15) is 5.75 Å². The fourth-order valence-electron chi connectivity index (χ4n) is 4.36. The lowest BCUT2D eigenvalue weighted by Crippen LogP contribution is -2.30. The highest BCUT2D eigenvalue weighted by atomic mass is 32.2. The molecule has 3 aromatic carbocycles. The number of nitrogens with zero attached hydrogens (tertiary/aromatic N) is 1. The van der Waals surface area contributed by atoms with Gasteiger partial charge in [0, 0.05) is 35.3 Å². The van der Waals surface area contributed by atoms with Crippen LogP contribution in [-0.2, 0) is 11.6 Å². The number of alkyl halides is 3. The van der Waals surface area contributed by atoms with Gasteiger partial charge < -0.3 is 9.46 Å². The third kappa shape index (κ3) is 6.16. The van der Waals surface area contributed by atoms with Crippen LogP contribution >= 0.6 is 11.9 Å². The number of aromatic nitrogens is 2. The van der Waals surface area contributed by atoms with Gasteiger partial charge in [-0.15, -0.1) is 0 Å². The topological polar surface area (TPSA) is 76.1 Å². The van der Waals surface area contributed by atoms with E-state index in [0.29, 0.717) is 5.56 Å². The van der Waals surface area contributed by atoms with Crippen LogP contribution in [-0.4, -0.2) is 22.9 Å². The average Bonchev–Trinajstić information content (AvgIpc) is 2.87. The minimum atomic E-state index is -4.86. The zero-order chi connectivity index (χ0) is 29.1. The van der Waals surface area contributed by atoms with Crippen LogP contribution in [0.2, 0.25) is 0 Å². The van der Waals surface area contributed by atoms with Gasteiger partial charge in [0.2, 0.25) is 0 Å². The van der Waals surface area contributed by atoms with E-state index < -0.39 is 34.1 Å². The first kappa shape index (κ1) is 29.9. The van der Waals surface area contributed by atoms with E-state index >= 15 is 0 Å². The van der Waals surface area contributed by atoms with Crippen LogP contribution in [0, 0.1) is 0 Å². The van der Waals surface area contributed by atoms with Crippen LogP contribution in [0.4, 0.5) is 18.9 Å². The van der Waals surface area contributed by atoms with Crippen molar-refractivity contribution >= 4 is 28.4 Å². The van der Waals surface area contributed by atoms with Crippen molar-refractivity contribution in [3.63, 3.8) is 0 Å². The molecule has 4 rings (SSSR count). The fraction of sp³-hybridized carbons (Fsp3) is 0.310. The Morgan fingerprint density at radius 1 is 0.949 bits per heavy atom. The Kier molecular flexibility index (Phi) is 8.90. The van der Waals surface area contributed by atoms with Gasteiger partial charge in [-0.2, -0.15) is 13.2 Å². The van der Waals surface area contributed by atoms with Crippen LogP contribution in [0.3, 0.4) is 0 Å². The molecule has 0 aliphatic rings. The van der Waals surface area contributed by atoms with Gasteiger partial charge in [-0.25, -0.2) is 4.79 Å². The third-order valence-corrected chi connectivity index (χ3v) is 6.43. The molecule has 1 heterocycles. The summed E-state index contributed by atoms with van der Waals surface area (Å²) in [5.41, 5.74) is -2.29. The summed E-state index contributed by atoms with van der Waals surface area (Å²) in [5.74, 6) is 0.0704. The second kappa shape index (κ2) is 11.6. The molecule has 0 fully saturated rings. The lowest BCUT2D eigenvalue weighted by atomic mass is 9.81. The molecule has 0 aliphatic heterocycles. The fourth-order valence-corrected chi connectivity index (χ4v) is 4.72. The first-order chi connectivity index (χ1) is 18.3. The molecule has 0 spiro atoms. The Morgan fingerprint density at radius 3 is 2.15 bits per heavy atom. The predicted octanol–water partition coefficient (Wildman–Crippen LogP) is 7.39. The van der Waals surface area contributed by atoms with Crippen molar-refractivity contribution in [2.24, 2.45) is 0 Å². The number of methoxy groups -OCH3 is 1. The minimum Gasteiger partial charge on any atom is -0.496 e. The highest BCUT2D eigenvalue weighted by molar-refractivity contribution is 7.99. The summed E-state index contributed by atoms with van der Waals surface area (Å²) < 4.78 is 54.1. The summed E-state index contributed by atoms with van der Waals surface area (Å²) in [6, 6.07) is 13.0. The number of benzene rings is 3. The number of halogens is 3. The van der Waals surface area contributed by atoms with Crippen molar-refractivity contribution in [3.05, 3.63) is 86.7 Å². The maximum Gasteiger partial charge on any atom is 0.419 e. The van der Waals surface area contributed by atoms with Crippen molar-refractivity contribution in [1.29, 1.82) is 0 Å². The maximum atomic E-state index is 14.8. The van der Waals surface area contributed by atoms with Gasteiger partial charge in [0.25, 0.3) is 5.56 Å². The lowest BCUT2D eigenvalue weighted by molar-refractivity contribution is -0.137. The summed E-state index contributed by atoms with van der Waals surface area (Å²) >= 11 is 1.44. The number of aromatic amines is 1. The summed E-state index contributed by atoms with van der Waals surface area (Å²) in [6.45, 7) is 9.55. The molecule has 6 nitrogen and oxygen atoms in total. The minimum absolute atomic E-state index is 0.0704. The molecule has 0 radical (unpaired) electrons. The quantitative estimate of drug-likeness (QED) is 0.250. The molecule has 4 aromatic rings. The first-order valence-electron chi connectivity index (χ1n) is 12.3. The number of ether oxygens (including phenoxy) is 1. The molecule has 0 amide bonds. The van der Waals surface area contributed by atoms with Crippen molar-refractivity contribution in [3.8, 4) is 22.6 Å². The van der Waals surface area contributed by atoms with E-state index in [2.05, 4.69) is 4.72 Å². The Hall–Kier alpha value is -3.66. The molecule has 0 aliphatic carbocycles. The molecule has 1 aromatic heterocycles. The van der Waals surface area contributed by atoms with Crippen LogP contribution in [0.25, 0.3) is 27.6 Å². The Bertz CT molecular complexity index is 1600. The highest BCUT2D eigenvalue weighted by Gasteiger charge is 2.41. The van der Waals surface area contributed by atoms with Crippen LogP contribution < -0.4 is 20.7 Å². The molecule has 0 atom stereocenters. The molecule has 208 valence electrons. The smallest absolute Gasteiger partial charge is 0.419 e. The van der Waals surface area contributed by atoms with Crippen LogP contribution in [0.15, 0.2) is 64.3 Å². The molecular weight excluding hydrogens is 527 g/mol. The standard InChI is InChI=1S/C27H26F3N3O3S.C2H6/c1-26(2,3)19-14-20(33-11-10-21(34)31-25(33)35)23(27(28,29)30)22(24(19)36-4)17-7-6-16-13-18(32-37-5)9-8-15(16)12-17;1-2/h6-14,32H,1-5H3,(H,31,34,35);1-2H3.